The van der Waals surface area contributed by atoms with Gasteiger partial charge in [0.05, 0.1) is 6.10 Å². The molecule has 3 atom stereocenters. The molecule has 0 spiro atoms. The topological polar surface area (TPSA) is 77.0 Å². The molecule has 1 aliphatic carbocycles. The number of nitrogens with one attached hydrogen (secondary N) is 2. The summed E-state index contributed by atoms with van der Waals surface area (Å²) < 4.78 is 12.1. The van der Waals surface area contributed by atoms with Gasteiger partial charge in [-0.2, -0.15) is 0 Å². The van der Waals surface area contributed by atoms with Crippen LogP contribution >= 0.6 is 0 Å². The van der Waals surface area contributed by atoms with Gasteiger partial charge in [0.2, 0.25) is 0 Å². The predicted octanol–water partition coefficient (Wildman–Crippen LogP) is 1.47. The van der Waals surface area contributed by atoms with E-state index in [4.69, 9.17) is 4.99 Å². The molecule has 0 aromatic carbocycles. The summed E-state index contributed by atoms with van der Waals surface area (Å²) in [7, 11) is -0.689. The van der Waals surface area contributed by atoms with Crippen molar-refractivity contribution in [1.29, 1.82) is 0 Å². The molecule has 1 saturated heterocycles. The van der Waals surface area contributed by atoms with Crippen LogP contribution in [0, 0.1) is 0 Å². The second-order valence-corrected chi connectivity index (χ2v) is 9.49. The number of guanidine groups is 1. The molecule has 0 radical (unpaired) electrons. The number of aliphatic imine (C=N–C) groups is 1. The second-order valence-electron chi connectivity index (χ2n) is 7.49. The van der Waals surface area contributed by atoms with Crippen molar-refractivity contribution in [2.45, 2.75) is 76.2 Å². The summed E-state index contributed by atoms with van der Waals surface area (Å²) in [5, 5.41) is 16.8. The molecule has 3 unspecified atom stereocenters. The first-order valence-corrected chi connectivity index (χ1v) is 11.8. The number of nitrogens with zero attached hydrogens (tertiary/aromatic N) is 2. The average molecular weight is 387 g/mol. The zero-order chi connectivity index (χ0) is 18.8. The van der Waals surface area contributed by atoms with E-state index < -0.39 is 10.8 Å². The molecule has 7 heteroatoms. The Bertz CT molecular complexity index is 453. The summed E-state index contributed by atoms with van der Waals surface area (Å²) in [6, 6.07) is 0.380. The van der Waals surface area contributed by atoms with Gasteiger partial charge in [0, 0.05) is 54.0 Å². The zero-order valence-corrected chi connectivity index (χ0v) is 17.4. The Morgan fingerprint density at radius 2 is 2.00 bits per heavy atom. The fourth-order valence-electron chi connectivity index (χ4n) is 3.89. The minimum atomic E-state index is -0.689. The van der Waals surface area contributed by atoms with E-state index in [1.165, 1.54) is 0 Å². The van der Waals surface area contributed by atoms with Crippen LogP contribution in [-0.2, 0) is 10.8 Å². The lowest BCUT2D eigenvalue weighted by molar-refractivity contribution is 0.0824. The molecule has 2 fully saturated rings. The molecule has 3 N–H and O–H groups in total. The van der Waals surface area contributed by atoms with E-state index in [0.29, 0.717) is 11.3 Å². The van der Waals surface area contributed by atoms with E-state index >= 15 is 0 Å². The lowest BCUT2D eigenvalue weighted by Gasteiger charge is -2.30. The van der Waals surface area contributed by atoms with Gasteiger partial charge in [0.15, 0.2) is 5.96 Å². The highest BCUT2D eigenvalue weighted by molar-refractivity contribution is 7.85. The van der Waals surface area contributed by atoms with E-state index in [1.807, 2.05) is 6.92 Å². The Kier molecular flexibility index (Phi) is 9.93. The summed E-state index contributed by atoms with van der Waals surface area (Å²) >= 11 is 0. The van der Waals surface area contributed by atoms with Gasteiger partial charge in [-0.3, -0.25) is 9.20 Å². The minimum Gasteiger partial charge on any atom is -0.393 e. The Morgan fingerprint density at radius 3 is 2.69 bits per heavy atom. The summed E-state index contributed by atoms with van der Waals surface area (Å²) in [5.74, 6) is 1.66. The Labute approximate surface area is 161 Å². The van der Waals surface area contributed by atoms with Crippen molar-refractivity contribution in [2.24, 2.45) is 4.99 Å². The van der Waals surface area contributed by atoms with Crippen molar-refractivity contribution < 1.29 is 9.32 Å². The molecule has 1 heterocycles. The van der Waals surface area contributed by atoms with Crippen LogP contribution in [0.5, 0.6) is 0 Å². The third-order valence-corrected chi connectivity index (χ3v) is 7.17. The van der Waals surface area contributed by atoms with Gasteiger partial charge in [-0.25, -0.2) is 0 Å². The van der Waals surface area contributed by atoms with Gasteiger partial charge in [0.1, 0.15) is 0 Å². The third-order valence-electron chi connectivity index (χ3n) is 5.43. The highest BCUT2D eigenvalue weighted by atomic mass is 32.2. The Hall–Kier alpha value is -0.660. The molecule has 6 nitrogen and oxygen atoms in total. The van der Waals surface area contributed by atoms with Crippen LogP contribution in [0.3, 0.4) is 0 Å². The van der Waals surface area contributed by atoms with Gasteiger partial charge in [0.25, 0.3) is 0 Å². The lowest BCUT2D eigenvalue weighted by atomic mass is 9.95. The van der Waals surface area contributed by atoms with Gasteiger partial charge < -0.3 is 20.6 Å². The first-order chi connectivity index (χ1) is 12.6. The zero-order valence-electron chi connectivity index (χ0n) is 16.6. The molecule has 1 aliphatic heterocycles. The summed E-state index contributed by atoms with van der Waals surface area (Å²) in [6.07, 6.45) is 7.10. The number of aliphatic hydroxyl groups excluding tert-OH is 1. The monoisotopic (exact) mass is 386 g/mol. The summed E-state index contributed by atoms with van der Waals surface area (Å²) in [4.78, 5) is 7.16. The average Bonchev–Trinajstić information content (AvgIpc) is 2.66. The number of aliphatic hydroxyl groups is 1. The summed E-state index contributed by atoms with van der Waals surface area (Å²) in [6.45, 7) is 8.82. The molecular weight excluding hydrogens is 348 g/mol. The van der Waals surface area contributed by atoms with E-state index in [2.05, 4.69) is 22.5 Å². The SMILES string of the molecule is CCNC(=NCCCN1CCC(O)CC1)NC1CCCC(S(=O)CC)C1. The third kappa shape index (κ3) is 7.53. The van der Waals surface area contributed by atoms with Crippen LogP contribution in [-0.4, -0.2) is 76.0 Å². The van der Waals surface area contributed by atoms with Gasteiger partial charge in [-0.1, -0.05) is 13.3 Å². The van der Waals surface area contributed by atoms with Crippen molar-refractivity contribution in [3.63, 3.8) is 0 Å². The molecule has 0 amide bonds. The number of hydrogen-bond acceptors (Lipinski definition) is 4. The molecule has 152 valence electrons. The van der Waals surface area contributed by atoms with Crippen LogP contribution in [0.1, 0.15) is 58.8 Å². The van der Waals surface area contributed by atoms with Crippen LogP contribution in [0.2, 0.25) is 0 Å². The predicted molar refractivity (Wildman–Crippen MR) is 110 cm³/mol. The van der Waals surface area contributed by atoms with Gasteiger partial charge in [-0.15, -0.1) is 0 Å². The number of rotatable bonds is 8. The van der Waals surface area contributed by atoms with Crippen molar-refractivity contribution in [3.05, 3.63) is 0 Å². The summed E-state index contributed by atoms with van der Waals surface area (Å²) in [5.41, 5.74) is 0. The van der Waals surface area contributed by atoms with Crippen LogP contribution in [0.15, 0.2) is 4.99 Å². The number of piperidine rings is 1. The Balaban J connectivity index is 1.74. The highest BCUT2D eigenvalue weighted by Gasteiger charge is 2.26. The van der Waals surface area contributed by atoms with E-state index in [0.717, 1.165) is 89.4 Å². The fraction of sp³-hybridized carbons (Fsp3) is 0.947. The quantitative estimate of drug-likeness (QED) is 0.335. The van der Waals surface area contributed by atoms with Crippen LogP contribution in [0.4, 0.5) is 0 Å². The fourth-order valence-corrected chi connectivity index (χ4v) is 5.24. The Morgan fingerprint density at radius 1 is 1.23 bits per heavy atom. The second kappa shape index (κ2) is 11.9. The molecule has 2 aliphatic rings. The molecule has 0 aromatic rings. The van der Waals surface area contributed by atoms with Crippen molar-refractivity contribution in [2.75, 3.05) is 38.5 Å². The van der Waals surface area contributed by atoms with Crippen molar-refractivity contribution in [3.8, 4) is 0 Å². The van der Waals surface area contributed by atoms with E-state index in [1.54, 1.807) is 0 Å². The molecule has 0 aromatic heterocycles. The highest BCUT2D eigenvalue weighted by Crippen LogP contribution is 2.23. The van der Waals surface area contributed by atoms with Crippen LogP contribution < -0.4 is 10.6 Å². The molecular formula is C19H38N4O2S. The largest absolute Gasteiger partial charge is 0.393 e. The molecule has 26 heavy (non-hydrogen) atoms. The van der Waals surface area contributed by atoms with Crippen LogP contribution in [0.25, 0.3) is 0 Å². The molecule has 2 rings (SSSR count). The smallest absolute Gasteiger partial charge is 0.191 e. The van der Waals surface area contributed by atoms with Crippen molar-refractivity contribution in [1.82, 2.24) is 15.5 Å². The molecule has 0 bridgehead atoms. The first-order valence-electron chi connectivity index (χ1n) is 10.4. The molecule has 1 saturated carbocycles. The normalized spacial score (nSPS) is 27.3. The lowest BCUT2D eigenvalue weighted by Crippen LogP contribution is -2.46. The van der Waals surface area contributed by atoms with E-state index in [9.17, 15) is 9.32 Å². The van der Waals surface area contributed by atoms with E-state index in [-0.39, 0.29) is 6.10 Å². The maximum atomic E-state index is 12.1. The van der Waals surface area contributed by atoms with Crippen molar-refractivity contribution >= 4 is 16.8 Å². The standard InChI is InChI=1S/C19H38N4O2S/c1-3-20-19(21-11-6-12-23-13-9-17(24)10-14-23)22-16-7-5-8-18(15-16)26(25)4-2/h16-18,24H,3-15H2,1-2H3,(H2,20,21,22). The number of likely N-dealkylation sites (tertiary alicyclic amines) is 1. The van der Waals surface area contributed by atoms with Gasteiger partial charge >= 0.3 is 0 Å². The maximum Gasteiger partial charge on any atom is 0.191 e. The number of hydrogen-bond donors (Lipinski definition) is 3. The maximum absolute atomic E-state index is 12.1. The minimum absolute atomic E-state index is 0.102. The first kappa shape index (κ1) is 21.6. The van der Waals surface area contributed by atoms with Gasteiger partial charge in [-0.05, 0) is 52.0 Å².